The summed E-state index contributed by atoms with van der Waals surface area (Å²) in [4.78, 5) is 14.4. The van der Waals surface area contributed by atoms with E-state index >= 15 is 4.39 Å². The number of nitrogens with zero attached hydrogens (tertiary/aromatic N) is 1. The number of rotatable bonds is 8. The van der Waals surface area contributed by atoms with Gasteiger partial charge in [-0.05, 0) is 49.4 Å². The SMILES string of the molecule is CO[C@@H](C)C(=O)N1CC2(CC2)[C@H](NS(=O)(=O)C(F)F)[C@@H]1Cc1cccc(-c2cc(F)cc(F)c2)c1F. The van der Waals surface area contributed by atoms with Crippen molar-refractivity contribution >= 4 is 15.9 Å². The molecule has 1 heterocycles. The molecular weight excluding hydrogens is 507 g/mol. The molecule has 12 heteroatoms. The third-order valence-electron chi connectivity index (χ3n) is 7.01. The molecule has 2 aromatic rings. The summed E-state index contributed by atoms with van der Waals surface area (Å²) in [6.07, 6.45) is -0.135. The summed E-state index contributed by atoms with van der Waals surface area (Å²) in [5.74, 6) is -6.78. The molecule has 6 nitrogen and oxygen atoms in total. The molecule has 1 saturated heterocycles. The van der Waals surface area contributed by atoms with Crippen molar-refractivity contribution in [3.8, 4) is 11.1 Å². The van der Waals surface area contributed by atoms with E-state index in [9.17, 15) is 30.8 Å². The molecule has 1 spiro atoms. The van der Waals surface area contributed by atoms with Crippen molar-refractivity contribution in [3.05, 3.63) is 59.4 Å². The lowest BCUT2D eigenvalue weighted by Gasteiger charge is -2.31. The van der Waals surface area contributed by atoms with Crippen LogP contribution < -0.4 is 4.72 Å². The Bertz CT molecular complexity index is 1250. The highest BCUT2D eigenvalue weighted by Crippen LogP contribution is 2.56. The number of likely N-dealkylation sites (tertiary alicyclic amines) is 1. The first-order chi connectivity index (χ1) is 16.9. The highest BCUT2D eigenvalue weighted by atomic mass is 32.2. The van der Waals surface area contributed by atoms with Gasteiger partial charge in [0.2, 0.25) is 0 Å². The Morgan fingerprint density at radius 1 is 1.17 bits per heavy atom. The average Bonchev–Trinajstić information content (AvgIpc) is 3.53. The van der Waals surface area contributed by atoms with Gasteiger partial charge in [0.25, 0.3) is 15.9 Å². The van der Waals surface area contributed by atoms with Gasteiger partial charge in [-0.2, -0.15) is 8.78 Å². The van der Waals surface area contributed by atoms with Gasteiger partial charge in [-0.1, -0.05) is 18.2 Å². The maximum Gasteiger partial charge on any atom is 0.350 e. The van der Waals surface area contributed by atoms with Crippen LogP contribution in [0.3, 0.4) is 0 Å². The third-order valence-corrected chi connectivity index (χ3v) is 8.07. The first-order valence-electron chi connectivity index (χ1n) is 11.2. The van der Waals surface area contributed by atoms with Gasteiger partial charge in [0, 0.05) is 36.7 Å². The van der Waals surface area contributed by atoms with E-state index in [-0.39, 0.29) is 29.7 Å². The lowest BCUT2D eigenvalue weighted by Crippen LogP contribution is -2.52. The van der Waals surface area contributed by atoms with E-state index in [1.54, 1.807) is 0 Å². The van der Waals surface area contributed by atoms with E-state index in [4.69, 9.17) is 4.74 Å². The van der Waals surface area contributed by atoms with Crippen molar-refractivity contribution in [3.63, 3.8) is 0 Å². The number of nitrogens with one attached hydrogen (secondary N) is 1. The van der Waals surface area contributed by atoms with Gasteiger partial charge in [-0.25, -0.2) is 26.3 Å². The third kappa shape index (κ3) is 4.98. The molecule has 0 bridgehead atoms. The van der Waals surface area contributed by atoms with Gasteiger partial charge >= 0.3 is 5.76 Å². The Morgan fingerprint density at radius 2 is 1.81 bits per heavy atom. The van der Waals surface area contributed by atoms with Crippen molar-refractivity contribution in [1.29, 1.82) is 0 Å². The van der Waals surface area contributed by atoms with Gasteiger partial charge in [0.15, 0.2) is 0 Å². The van der Waals surface area contributed by atoms with Crippen LogP contribution in [0.1, 0.15) is 25.3 Å². The lowest BCUT2D eigenvalue weighted by atomic mass is 9.91. The number of carbonyl (C=O) groups excluding carboxylic acids is 1. The van der Waals surface area contributed by atoms with E-state index in [0.29, 0.717) is 18.9 Å². The number of hydrogen-bond acceptors (Lipinski definition) is 4. The van der Waals surface area contributed by atoms with Crippen molar-refractivity contribution in [2.24, 2.45) is 5.41 Å². The van der Waals surface area contributed by atoms with E-state index in [2.05, 4.69) is 4.72 Å². The van der Waals surface area contributed by atoms with Crippen LogP contribution in [-0.4, -0.2) is 56.8 Å². The monoisotopic (exact) mass is 532 g/mol. The number of methoxy groups -OCH3 is 1. The molecule has 4 rings (SSSR count). The fourth-order valence-corrected chi connectivity index (χ4v) is 5.77. The minimum atomic E-state index is -5.01. The Hall–Kier alpha value is -2.57. The molecule has 1 saturated carbocycles. The minimum absolute atomic E-state index is 0.0315. The number of alkyl halides is 2. The summed E-state index contributed by atoms with van der Waals surface area (Å²) >= 11 is 0. The minimum Gasteiger partial charge on any atom is -0.372 e. The number of ether oxygens (including phenoxy) is 1. The highest BCUT2D eigenvalue weighted by Gasteiger charge is 2.62. The lowest BCUT2D eigenvalue weighted by molar-refractivity contribution is -0.142. The number of halogens is 5. The number of amides is 1. The summed E-state index contributed by atoms with van der Waals surface area (Å²) in [6.45, 7) is 1.59. The molecular formula is C24H25F5N2O4S. The molecule has 3 atom stereocenters. The predicted octanol–water partition coefficient (Wildman–Crippen LogP) is 3.85. The Kier molecular flexibility index (Phi) is 7.15. The molecule has 1 amide bonds. The topological polar surface area (TPSA) is 75.7 Å². The van der Waals surface area contributed by atoms with Gasteiger partial charge in [0.1, 0.15) is 23.6 Å². The Balaban J connectivity index is 1.75. The zero-order chi connectivity index (χ0) is 26.4. The molecule has 1 N–H and O–H groups in total. The van der Waals surface area contributed by atoms with Crippen LogP contribution in [0.4, 0.5) is 22.0 Å². The van der Waals surface area contributed by atoms with Crippen LogP contribution >= 0.6 is 0 Å². The van der Waals surface area contributed by atoms with Crippen molar-refractivity contribution in [2.75, 3.05) is 13.7 Å². The smallest absolute Gasteiger partial charge is 0.350 e. The predicted molar refractivity (Wildman–Crippen MR) is 121 cm³/mol. The zero-order valence-electron chi connectivity index (χ0n) is 19.5. The molecule has 2 aliphatic rings. The number of carbonyl (C=O) groups is 1. The quantitative estimate of drug-likeness (QED) is 0.525. The van der Waals surface area contributed by atoms with Crippen LogP contribution in [0.5, 0.6) is 0 Å². The Morgan fingerprint density at radius 3 is 2.36 bits per heavy atom. The van der Waals surface area contributed by atoms with Crippen LogP contribution in [0.2, 0.25) is 0 Å². The first-order valence-corrected chi connectivity index (χ1v) is 12.8. The molecule has 1 aliphatic heterocycles. The summed E-state index contributed by atoms with van der Waals surface area (Å²) < 4.78 is 101. The van der Waals surface area contributed by atoms with Crippen molar-refractivity contribution in [2.45, 2.75) is 50.1 Å². The highest BCUT2D eigenvalue weighted by molar-refractivity contribution is 7.89. The summed E-state index contributed by atoms with van der Waals surface area (Å²) in [6, 6.07) is 4.69. The largest absolute Gasteiger partial charge is 0.372 e. The summed E-state index contributed by atoms with van der Waals surface area (Å²) in [7, 11) is -3.69. The van der Waals surface area contributed by atoms with Crippen LogP contribution in [0.15, 0.2) is 36.4 Å². The fraction of sp³-hybridized carbons (Fsp3) is 0.458. The molecule has 0 unspecified atom stereocenters. The maximum absolute atomic E-state index is 15.6. The molecule has 36 heavy (non-hydrogen) atoms. The maximum atomic E-state index is 15.6. The zero-order valence-corrected chi connectivity index (χ0v) is 20.3. The molecule has 196 valence electrons. The van der Waals surface area contributed by atoms with E-state index in [1.165, 1.54) is 37.1 Å². The molecule has 0 radical (unpaired) electrons. The van der Waals surface area contributed by atoms with E-state index < -0.39 is 62.7 Å². The second kappa shape index (κ2) is 9.71. The first kappa shape index (κ1) is 26.5. The average molecular weight is 533 g/mol. The standard InChI is InChI=1S/C24H25F5N2O4S/c1-13(35-2)22(32)31-12-24(6-7-24)21(30-36(33,34)23(28)29)19(31)10-14-4-3-5-18(20(14)27)15-8-16(25)11-17(26)9-15/h3-5,8-9,11,13,19,21,23,30H,6-7,10,12H2,1-2H3/t13-,19-,21+/m0/s1. The van der Waals surface area contributed by atoms with Crippen LogP contribution in [0, 0.1) is 22.9 Å². The molecule has 0 aromatic heterocycles. The number of sulfonamides is 1. The van der Waals surface area contributed by atoms with Crippen molar-refractivity contribution < 1.29 is 39.9 Å². The normalized spacial score (nSPS) is 21.8. The Labute approximate surface area is 205 Å². The van der Waals surface area contributed by atoms with Crippen molar-refractivity contribution in [1.82, 2.24) is 9.62 Å². The molecule has 1 aliphatic carbocycles. The second-order valence-corrected chi connectivity index (χ2v) is 11.0. The van der Waals surface area contributed by atoms with Gasteiger partial charge in [-0.15, -0.1) is 0 Å². The van der Waals surface area contributed by atoms with Crippen LogP contribution in [0.25, 0.3) is 11.1 Å². The number of hydrogen-bond donors (Lipinski definition) is 1. The van der Waals surface area contributed by atoms with Crippen LogP contribution in [-0.2, 0) is 26.0 Å². The van der Waals surface area contributed by atoms with E-state index in [1.807, 2.05) is 0 Å². The molecule has 2 fully saturated rings. The fourth-order valence-electron chi connectivity index (χ4n) is 4.90. The van der Waals surface area contributed by atoms with Gasteiger partial charge in [0.05, 0.1) is 6.04 Å². The summed E-state index contributed by atoms with van der Waals surface area (Å²) in [5, 5.41) is 0. The summed E-state index contributed by atoms with van der Waals surface area (Å²) in [5.41, 5.74) is -0.870. The van der Waals surface area contributed by atoms with E-state index in [0.717, 1.165) is 12.1 Å². The van der Waals surface area contributed by atoms with Gasteiger partial charge < -0.3 is 9.64 Å². The second-order valence-electron chi connectivity index (χ2n) is 9.32. The van der Waals surface area contributed by atoms with Gasteiger partial charge in [-0.3, -0.25) is 4.79 Å². The number of benzene rings is 2. The molecule has 2 aromatic carbocycles.